The number of methoxy groups -OCH3 is 2. The van der Waals surface area contributed by atoms with Gasteiger partial charge in [0.2, 0.25) is 0 Å². The number of benzene rings is 1. The third-order valence-electron chi connectivity index (χ3n) is 5.03. The number of guanidine groups is 1. The minimum absolute atomic E-state index is 0.00816. The summed E-state index contributed by atoms with van der Waals surface area (Å²) in [6, 6.07) is 5.72. The lowest BCUT2D eigenvalue weighted by atomic mass is 10.2. The third kappa shape index (κ3) is 5.10. The highest BCUT2D eigenvalue weighted by Gasteiger charge is 2.16. The summed E-state index contributed by atoms with van der Waals surface area (Å²) in [4.78, 5) is 16.6. The minimum atomic E-state index is 0.00816. The summed E-state index contributed by atoms with van der Waals surface area (Å²) in [5.41, 5.74) is 1.01. The van der Waals surface area contributed by atoms with Crippen LogP contribution in [0.2, 0.25) is 0 Å². The Hall–Kier alpha value is -2.97. The average molecular weight is 402 g/mol. The summed E-state index contributed by atoms with van der Waals surface area (Å²) in [6.45, 7) is 2.64. The predicted molar refractivity (Wildman–Crippen MR) is 112 cm³/mol. The summed E-state index contributed by atoms with van der Waals surface area (Å²) in [5.74, 6) is 3.12. The molecule has 0 aliphatic carbocycles. The van der Waals surface area contributed by atoms with E-state index in [1.165, 1.54) is 0 Å². The molecular formula is C20H30N6O3. The van der Waals surface area contributed by atoms with Gasteiger partial charge in [-0.25, -0.2) is 9.48 Å². The van der Waals surface area contributed by atoms with Crippen molar-refractivity contribution in [3.05, 3.63) is 40.1 Å². The first-order valence-electron chi connectivity index (χ1n) is 9.98. The molecule has 0 bridgehead atoms. The zero-order valence-electron chi connectivity index (χ0n) is 17.4. The number of nitrogens with zero attached hydrogens (tertiary/aromatic N) is 4. The molecule has 158 valence electrons. The van der Waals surface area contributed by atoms with Gasteiger partial charge in [-0.3, -0.25) is 9.56 Å². The predicted octanol–water partition coefficient (Wildman–Crippen LogP) is 1.15. The Morgan fingerprint density at radius 3 is 2.83 bits per heavy atom. The fourth-order valence-corrected chi connectivity index (χ4v) is 3.43. The van der Waals surface area contributed by atoms with Gasteiger partial charge in [-0.1, -0.05) is 0 Å². The van der Waals surface area contributed by atoms with Crippen LogP contribution in [-0.2, 0) is 26.1 Å². The van der Waals surface area contributed by atoms with Crippen molar-refractivity contribution in [3.8, 4) is 11.5 Å². The van der Waals surface area contributed by atoms with Crippen LogP contribution in [-0.4, -0.2) is 48.1 Å². The second-order valence-electron chi connectivity index (χ2n) is 6.91. The standard InChI is InChI=1S/C20H30N6O3/c1-21-19(23-14-15-8-9-16(28-2)13-17(15)29-3)22-10-6-12-26-20(27)25-11-5-4-7-18(25)24-26/h8-9,13H,4-7,10-12,14H2,1-3H3,(H2,21,22,23). The molecule has 0 unspecified atom stereocenters. The monoisotopic (exact) mass is 402 g/mol. The van der Waals surface area contributed by atoms with Gasteiger partial charge < -0.3 is 20.1 Å². The van der Waals surface area contributed by atoms with E-state index in [9.17, 15) is 4.79 Å². The van der Waals surface area contributed by atoms with Crippen molar-refractivity contribution in [3.63, 3.8) is 0 Å². The molecule has 0 radical (unpaired) electrons. The maximum atomic E-state index is 12.3. The molecule has 2 aromatic rings. The summed E-state index contributed by atoms with van der Waals surface area (Å²) >= 11 is 0. The molecule has 0 saturated heterocycles. The molecule has 1 aromatic carbocycles. The lowest BCUT2D eigenvalue weighted by molar-refractivity contribution is 0.390. The van der Waals surface area contributed by atoms with E-state index < -0.39 is 0 Å². The largest absolute Gasteiger partial charge is 0.497 e. The number of ether oxygens (including phenoxy) is 2. The maximum Gasteiger partial charge on any atom is 0.345 e. The van der Waals surface area contributed by atoms with Gasteiger partial charge in [-0.15, -0.1) is 0 Å². The van der Waals surface area contributed by atoms with Crippen molar-refractivity contribution < 1.29 is 9.47 Å². The van der Waals surface area contributed by atoms with E-state index in [-0.39, 0.29) is 5.69 Å². The number of aliphatic imine (C=N–C) groups is 1. The van der Waals surface area contributed by atoms with Gasteiger partial charge in [0.1, 0.15) is 17.3 Å². The first-order valence-corrected chi connectivity index (χ1v) is 9.98. The number of fused-ring (bicyclic) bond motifs is 1. The van der Waals surface area contributed by atoms with Crippen LogP contribution in [0.15, 0.2) is 28.0 Å². The van der Waals surface area contributed by atoms with Gasteiger partial charge in [0.05, 0.1) is 14.2 Å². The summed E-state index contributed by atoms with van der Waals surface area (Å²) in [7, 11) is 5.00. The molecule has 0 atom stereocenters. The second kappa shape index (κ2) is 9.99. The van der Waals surface area contributed by atoms with Gasteiger partial charge in [0.25, 0.3) is 0 Å². The molecule has 1 aliphatic rings. The number of hydrogen-bond donors (Lipinski definition) is 2. The Bertz CT molecular complexity index is 902. The first kappa shape index (κ1) is 20.8. The second-order valence-corrected chi connectivity index (χ2v) is 6.91. The average Bonchev–Trinajstić information content (AvgIpc) is 3.08. The molecule has 1 aliphatic heterocycles. The van der Waals surface area contributed by atoms with Crippen LogP contribution in [0.3, 0.4) is 0 Å². The number of aromatic nitrogens is 3. The minimum Gasteiger partial charge on any atom is -0.497 e. The van der Waals surface area contributed by atoms with Crippen LogP contribution in [0.4, 0.5) is 0 Å². The third-order valence-corrected chi connectivity index (χ3v) is 5.03. The van der Waals surface area contributed by atoms with E-state index >= 15 is 0 Å². The highest BCUT2D eigenvalue weighted by Crippen LogP contribution is 2.24. The zero-order valence-corrected chi connectivity index (χ0v) is 17.4. The van der Waals surface area contributed by atoms with Crippen molar-refractivity contribution in [2.45, 2.75) is 45.3 Å². The van der Waals surface area contributed by atoms with E-state index in [4.69, 9.17) is 9.47 Å². The van der Waals surface area contributed by atoms with Gasteiger partial charge in [0, 0.05) is 51.3 Å². The van der Waals surface area contributed by atoms with E-state index in [2.05, 4.69) is 20.7 Å². The van der Waals surface area contributed by atoms with Crippen molar-refractivity contribution >= 4 is 5.96 Å². The lowest BCUT2D eigenvalue weighted by Gasteiger charge is -2.14. The van der Waals surface area contributed by atoms with E-state index in [1.807, 2.05) is 18.2 Å². The van der Waals surface area contributed by atoms with Crippen LogP contribution in [0.5, 0.6) is 11.5 Å². The fourth-order valence-electron chi connectivity index (χ4n) is 3.43. The van der Waals surface area contributed by atoms with Crippen molar-refractivity contribution in [1.82, 2.24) is 25.0 Å². The lowest BCUT2D eigenvalue weighted by Crippen LogP contribution is -2.38. The van der Waals surface area contributed by atoms with Gasteiger partial charge >= 0.3 is 5.69 Å². The van der Waals surface area contributed by atoms with Gasteiger partial charge in [-0.05, 0) is 31.4 Å². The van der Waals surface area contributed by atoms with E-state index in [1.54, 1.807) is 30.5 Å². The SMILES string of the molecule is CN=C(NCCCn1nc2n(c1=O)CCCC2)NCc1ccc(OC)cc1OC. The molecule has 2 N–H and O–H groups in total. The quantitative estimate of drug-likeness (QED) is 0.391. The van der Waals surface area contributed by atoms with Crippen molar-refractivity contribution in [1.29, 1.82) is 0 Å². The van der Waals surface area contributed by atoms with Crippen LogP contribution in [0, 0.1) is 0 Å². The molecule has 1 aromatic heterocycles. The number of rotatable bonds is 8. The molecule has 0 spiro atoms. The highest BCUT2D eigenvalue weighted by atomic mass is 16.5. The van der Waals surface area contributed by atoms with Crippen LogP contribution in [0.25, 0.3) is 0 Å². The van der Waals surface area contributed by atoms with Crippen LogP contribution in [0.1, 0.15) is 30.7 Å². The highest BCUT2D eigenvalue weighted by molar-refractivity contribution is 5.79. The number of hydrogen-bond acceptors (Lipinski definition) is 5. The molecule has 29 heavy (non-hydrogen) atoms. The van der Waals surface area contributed by atoms with Crippen molar-refractivity contribution in [2.75, 3.05) is 27.8 Å². The zero-order chi connectivity index (χ0) is 20.6. The fraction of sp³-hybridized carbons (Fsp3) is 0.550. The van der Waals surface area contributed by atoms with Gasteiger partial charge in [0.15, 0.2) is 5.96 Å². The Kier molecular flexibility index (Phi) is 7.15. The van der Waals surface area contributed by atoms with Crippen molar-refractivity contribution in [2.24, 2.45) is 4.99 Å². The number of nitrogens with one attached hydrogen (secondary N) is 2. The molecule has 0 saturated carbocycles. The molecule has 9 nitrogen and oxygen atoms in total. The van der Waals surface area contributed by atoms with Gasteiger partial charge in [-0.2, -0.15) is 5.10 Å². The van der Waals surface area contributed by atoms with Crippen LogP contribution >= 0.6 is 0 Å². The summed E-state index contributed by atoms with van der Waals surface area (Å²) in [6.07, 6.45) is 3.84. The van der Waals surface area contributed by atoms with E-state index in [0.29, 0.717) is 25.6 Å². The Balaban J connectivity index is 1.47. The number of aryl methyl sites for hydroxylation is 2. The molecule has 9 heteroatoms. The Labute approximate surface area is 170 Å². The molecule has 3 rings (SSSR count). The molecule has 0 fully saturated rings. The smallest absolute Gasteiger partial charge is 0.345 e. The normalized spacial score (nSPS) is 13.7. The first-order chi connectivity index (χ1) is 14.2. The molecule has 0 amide bonds. The summed E-state index contributed by atoms with van der Waals surface area (Å²) in [5, 5.41) is 11.0. The molecular weight excluding hydrogens is 372 g/mol. The Morgan fingerprint density at radius 1 is 1.24 bits per heavy atom. The van der Waals surface area contributed by atoms with E-state index in [0.717, 1.165) is 55.1 Å². The van der Waals surface area contributed by atoms with Crippen LogP contribution < -0.4 is 25.8 Å². The maximum absolute atomic E-state index is 12.3. The Morgan fingerprint density at radius 2 is 2.10 bits per heavy atom. The summed E-state index contributed by atoms with van der Waals surface area (Å²) < 4.78 is 14.0. The molecule has 2 heterocycles. The topological polar surface area (TPSA) is 94.7 Å².